The second-order valence-corrected chi connectivity index (χ2v) is 21.2. The van der Waals surface area contributed by atoms with Gasteiger partial charge in [-0.3, -0.25) is 30.8 Å². The van der Waals surface area contributed by atoms with Crippen molar-refractivity contribution in [3.63, 3.8) is 0 Å². The Morgan fingerprint density at radius 3 is 2.57 bits per heavy atom. The summed E-state index contributed by atoms with van der Waals surface area (Å²) >= 11 is 0. The van der Waals surface area contributed by atoms with Gasteiger partial charge in [0, 0.05) is 65.9 Å². The number of anilines is 1. The molecule has 0 spiro atoms. The summed E-state index contributed by atoms with van der Waals surface area (Å²) in [5.41, 5.74) is 14.3. The van der Waals surface area contributed by atoms with Gasteiger partial charge in [0.15, 0.2) is 23.1 Å². The zero-order valence-corrected chi connectivity index (χ0v) is 43.5. The molecule has 426 valence electrons. The van der Waals surface area contributed by atoms with Gasteiger partial charge in [0.1, 0.15) is 61.6 Å². The topological polar surface area (TPSA) is 357 Å². The van der Waals surface area contributed by atoms with Crippen molar-refractivity contribution in [1.82, 2.24) is 32.1 Å². The molecule has 4 fully saturated rings. The van der Waals surface area contributed by atoms with Crippen molar-refractivity contribution in [1.29, 1.82) is 0 Å². The Morgan fingerprint density at radius 2 is 1.80 bits per heavy atom. The van der Waals surface area contributed by atoms with E-state index in [2.05, 4.69) is 32.1 Å². The minimum Gasteiger partial charge on any atom is -0.486 e. The first-order chi connectivity index (χ1) is 38.2. The summed E-state index contributed by atoms with van der Waals surface area (Å²) in [7, 11) is 0. The minimum atomic E-state index is -1.75. The Hall–Kier alpha value is -5.94. The maximum absolute atomic E-state index is 15.3. The number of aliphatic hydroxyl groups excluding tert-OH is 7. The van der Waals surface area contributed by atoms with Crippen LogP contribution in [0.15, 0.2) is 72.1 Å². The van der Waals surface area contributed by atoms with Crippen LogP contribution in [0.4, 0.5) is 5.69 Å². The molecule has 7 aliphatic rings. The number of allylic oxidation sites excluding steroid dienone is 1. The summed E-state index contributed by atoms with van der Waals surface area (Å²) in [5, 5.41) is 89.8. The molecule has 0 aromatic heterocycles. The Labute approximate surface area is 455 Å². The zero-order valence-electron chi connectivity index (χ0n) is 43.5. The van der Waals surface area contributed by atoms with E-state index in [1.165, 1.54) is 12.1 Å². The highest BCUT2D eigenvalue weighted by atomic mass is 16.7. The summed E-state index contributed by atoms with van der Waals surface area (Å²) in [4.78, 5) is 57.6. The average Bonchev–Trinajstić information content (AvgIpc) is 3.94. The molecule has 3 aromatic carbocycles. The van der Waals surface area contributed by atoms with E-state index >= 15 is 9.59 Å². The highest BCUT2D eigenvalue weighted by Gasteiger charge is 2.53. The lowest BCUT2D eigenvalue weighted by atomic mass is 9.70. The number of amides is 1. The second kappa shape index (κ2) is 24.4. The standard InChI is InChI=1S/C55H70N8O16/c1-26(68)19-59-62-40-17-29(10-13-57-40)30(21-67)22-76-51-47(73)46(72)49-39-9-7-28(11-14-64)37(24-75-39)41(33-4-2-3-5-38(33)63-25-58-43-52(63)60-55(56)61-53(43)74)36-18-35-42(45(71)34-16-27(20-66)6-8-32(34)44(35)70)50(48(36)78-54(51)79-49)77-23-31(69)12-15-65/h2-6,8,10,15-18,26,28,30-31,37,39,41,43,46-47,49,51-52,54-55,57-60,62,64,66-69,72-73H,7,9,11-14,19-25,56H2,1H3,(H,61,74)/t26-,28+,30+,31+,37+,39+,41+,43+,46+,47+,49-,51-,52-,54-,55+/m0/s1. The summed E-state index contributed by atoms with van der Waals surface area (Å²) < 4.78 is 33.9. The Balaban J connectivity index is 1.18. The van der Waals surface area contributed by atoms with Gasteiger partial charge < -0.3 is 85.2 Å². The fourth-order valence-electron chi connectivity index (χ4n) is 12.1. The van der Waals surface area contributed by atoms with Crippen molar-refractivity contribution >= 4 is 29.4 Å². The number of aliphatic hydroxyl groups is 7. The van der Waals surface area contributed by atoms with Gasteiger partial charge in [0.25, 0.3) is 0 Å². The minimum absolute atomic E-state index is 0.0388. The van der Waals surface area contributed by atoms with E-state index in [1.54, 1.807) is 25.1 Å². The number of carbonyl (C=O) groups is 4. The van der Waals surface area contributed by atoms with Crippen molar-refractivity contribution in [2.75, 3.05) is 57.7 Å². The van der Waals surface area contributed by atoms with E-state index < -0.39 is 117 Å². The number of nitrogens with one attached hydrogen (secondary N) is 6. The second-order valence-electron chi connectivity index (χ2n) is 21.2. The Bertz CT molecular complexity index is 2820. The van der Waals surface area contributed by atoms with Crippen molar-refractivity contribution in [3.8, 4) is 11.5 Å². The first kappa shape index (κ1) is 56.3. The number of benzene rings is 3. The van der Waals surface area contributed by atoms with Crippen molar-refractivity contribution < 1.29 is 78.6 Å². The molecule has 1 amide bonds. The van der Waals surface area contributed by atoms with Crippen LogP contribution in [0.3, 0.4) is 0 Å². The molecular formula is C55H70N8O16. The third-order valence-corrected chi connectivity index (χ3v) is 16.0. The molecule has 10 rings (SSSR count). The predicted octanol–water partition coefficient (Wildman–Crippen LogP) is -2.09. The van der Waals surface area contributed by atoms with Crippen molar-refractivity contribution in [2.45, 2.75) is 113 Å². The number of fused-ring (bicyclic) bond motifs is 10. The number of rotatable bonds is 19. The molecule has 0 saturated carbocycles. The van der Waals surface area contributed by atoms with E-state index in [9.17, 15) is 45.3 Å². The average molecular weight is 1100 g/mol. The molecule has 3 aromatic rings. The number of hydrogen-bond acceptors (Lipinski definition) is 23. The molecule has 6 aliphatic heterocycles. The number of para-hydroxylation sites is 1. The highest BCUT2D eigenvalue weighted by Crippen LogP contribution is 2.54. The maximum atomic E-state index is 15.3. The summed E-state index contributed by atoms with van der Waals surface area (Å²) in [6, 6.07) is 12.7. The molecule has 1 aliphatic carbocycles. The van der Waals surface area contributed by atoms with Crippen LogP contribution >= 0.6 is 0 Å². The normalized spacial score (nSPS) is 30.3. The van der Waals surface area contributed by atoms with Gasteiger partial charge in [-0.25, -0.2) is 5.43 Å². The van der Waals surface area contributed by atoms with Gasteiger partial charge in [-0.2, -0.15) is 0 Å². The third kappa shape index (κ3) is 11.3. The first-order valence-corrected chi connectivity index (χ1v) is 26.9. The van der Waals surface area contributed by atoms with Crippen LogP contribution < -0.4 is 52.2 Å². The molecule has 6 heterocycles. The lowest BCUT2D eigenvalue weighted by Gasteiger charge is -2.45. The lowest BCUT2D eigenvalue weighted by molar-refractivity contribution is -0.301. The number of ether oxygens (including phenoxy) is 5. The smallest absolute Gasteiger partial charge is 0.242 e. The van der Waals surface area contributed by atoms with Gasteiger partial charge in [-0.1, -0.05) is 30.3 Å². The zero-order chi connectivity index (χ0) is 55.6. The van der Waals surface area contributed by atoms with Crippen LogP contribution in [0.25, 0.3) is 0 Å². The number of carbonyl (C=O) groups excluding carboxylic acids is 4. The summed E-state index contributed by atoms with van der Waals surface area (Å²) in [6.07, 6.45) is -7.66. The first-order valence-electron chi connectivity index (χ1n) is 26.9. The van der Waals surface area contributed by atoms with Crippen LogP contribution in [0.5, 0.6) is 11.5 Å². The molecule has 0 radical (unpaired) electrons. The third-order valence-electron chi connectivity index (χ3n) is 16.0. The number of nitrogens with zero attached hydrogens (tertiary/aromatic N) is 1. The number of hydrogen-bond donors (Lipinski definition) is 14. The van der Waals surface area contributed by atoms with E-state index in [1.807, 2.05) is 35.2 Å². The molecule has 15 atom stereocenters. The fraction of sp³-hybridized carbons (Fsp3) is 0.527. The van der Waals surface area contributed by atoms with Crippen LogP contribution in [0.2, 0.25) is 0 Å². The van der Waals surface area contributed by atoms with E-state index in [0.29, 0.717) is 53.9 Å². The number of nitrogens with two attached hydrogens (primary N) is 1. The van der Waals surface area contributed by atoms with Crippen LogP contribution in [-0.4, -0.2) is 180 Å². The van der Waals surface area contributed by atoms with Crippen molar-refractivity contribution in [3.05, 3.63) is 111 Å². The van der Waals surface area contributed by atoms with Gasteiger partial charge in [0.05, 0.1) is 57.0 Å². The SMILES string of the molecule is C[C@H](O)CNNC1=CC([C@H](CO)CO[C@@H]2[C@H]3Oc4c(cc5c(c4OC[C@H](O)CC=O)C(=O)c4cc(CO)ccc4C5=O)[C@@H](c4ccccc4N4CN[C@H]5C(=O)N[C@H](N)N[C@H]54)[C@@H]4CO[C@H](CC[C@@H]4CCO)[C@H](O3)[C@H](O)[C@H]2O)=CCN1. The summed E-state index contributed by atoms with van der Waals surface area (Å²) in [6.45, 7) is 0.415. The lowest BCUT2D eigenvalue weighted by Crippen LogP contribution is -2.70. The molecule has 4 bridgehead atoms. The largest absolute Gasteiger partial charge is 0.486 e. The number of aldehydes is 1. The summed E-state index contributed by atoms with van der Waals surface area (Å²) in [5.74, 6) is -4.15. The van der Waals surface area contributed by atoms with Gasteiger partial charge >= 0.3 is 0 Å². The molecule has 24 nitrogen and oxygen atoms in total. The number of ketones is 2. The quantitative estimate of drug-likeness (QED) is 0.0354. The molecule has 0 unspecified atom stereocenters. The molecule has 4 saturated heterocycles. The van der Waals surface area contributed by atoms with Crippen molar-refractivity contribution in [2.24, 2.45) is 23.5 Å². The number of dihydropyridines is 1. The predicted molar refractivity (Wildman–Crippen MR) is 280 cm³/mol. The van der Waals surface area contributed by atoms with Crippen LogP contribution in [-0.2, 0) is 30.4 Å². The Kier molecular flexibility index (Phi) is 17.4. The fourth-order valence-corrected chi connectivity index (χ4v) is 12.1. The van der Waals surface area contributed by atoms with E-state index in [0.717, 1.165) is 0 Å². The highest BCUT2D eigenvalue weighted by molar-refractivity contribution is 6.29. The van der Waals surface area contributed by atoms with Crippen LogP contribution in [0.1, 0.15) is 87.1 Å². The molecule has 24 heteroatoms. The van der Waals surface area contributed by atoms with Gasteiger partial charge in [-0.15, -0.1) is 0 Å². The number of hydrazine groups is 1. The molecular weight excluding hydrogens is 1030 g/mol. The van der Waals surface area contributed by atoms with Gasteiger partial charge in [0.2, 0.25) is 12.2 Å². The Morgan fingerprint density at radius 1 is 0.975 bits per heavy atom. The molecule has 79 heavy (non-hydrogen) atoms. The monoisotopic (exact) mass is 1100 g/mol. The van der Waals surface area contributed by atoms with E-state index in [-0.39, 0.29) is 97.0 Å². The van der Waals surface area contributed by atoms with E-state index in [4.69, 9.17) is 29.4 Å². The molecule has 15 N–H and O–H groups in total. The van der Waals surface area contributed by atoms with Crippen LogP contribution in [0, 0.1) is 17.8 Å². The van der Waals surface area contributed by atoms with Gasteiger partial charge in [-0.05, 0) is 85.1 Å². The maximum Gasteiger partial charge on any atom is 0.242 e.